The van der Waals surface area contributed by atoms with Gasteiger partial charge < -0.3 is 19.5 Å². The number of nitrogens with zero attached hydrogens (tertiary/aromatic N) is 2. The van der Waals surface area contributed by atoms with Crippen LogP contribution in [-0.2, 0) is 0 Å². The van der Waals surface area contributed by atoms with Crippen LogP contribution in [-0.4, -0.2) is 32.3 Å². The Morgan fingerprint density at radius 3 is 2.24 bits per heavy atom. The Morgan fingerprint density at radius 2 is 1.69 bits per heavy atom. The number of methoxy groups -OCH3 is 3. The van der Waals surface area contributed by atoms with Crippen molar-refractivity contribution in [3.8, 4) is 34.6 Å². The summed E-state index contributed by atoms with van der Waals surface area (Å²) >= 11 is 1.30. The minimum Gasteiger partial charge on any atom is -0.493 e. The summed E-state index contributed by atoms with van der Waals surface area (Å²) in [5.74, 6) is 1.30. The number of hydrogen-bond acceptors (Lipinski definition) is 7. The van der Waals surface area contributed by atoms with E-state index in [0.29, 0.717) is 39.3 Å². The van der Waals surface area contributed by atoms with Crippen LogP contribution in [0.15, 0.2) is 41.8 Å². The molecule has 0 bridgehead atoms. The van der Waals surface area contributed by atoms with Crippen molar-refractivity contribution in [1.82, 2.24) is 4.98 Å². The largest absolute Gasteiger partial charge is 0.493 e. The van der Waals surface area contributed by atoms with Crippen molar-refractivity contribution in [2.24, 2.45) is 0 Å². The fourth-order valence-electron chi connectivity index (χ4n) is 2.59. The molecule has 0 aliphatic carbocycles. The quantitative estimate of drug-likeness (QED) is 0.626. The summed E-state index contributed by atoms with van der Waals surface area (Å²) in [5.41, 5.74) is 2.62. The number of aromatic nitrogens is 1. The number of nitriles is 1. The maximum atomic E-state index is 12.4. The van der Waals surface area contributed by atoms with Gasteiger partial charge in [-0.3, -0.25) is 5.32 Å². The first-order chi connectivity index (χ1) is 14.1. The van der Waals surface area contributed by atoms with Crippen LogP contribution in [0.4, 0.5) is 15.6 Å². The SMILES string of the molecule is COc1cc(NC(=O)Nc2nc(-c3ccc(C#N)cc3)cs2)cc(OC)c1OC. The fourth-order valence-corrected chi connectivity index (χ4v) is 3.31. The number of urea groups is 1. The summed E-state index contributed by atoms with van der Waals surface area (Å²) in [6, 6.07) is 11.9. The number of ether oxygens (including phenoxy) is 3. The van der Waals surface area contributed by atoms with Gasteiger partial charge in [0.1, 0.15) is 0 Å². The van der Waals surface area contributed by atoms with Crippen LogP contribution in [0, 0.1) is 11.3 Å². The number of thiazole rings is 1. The first kappa shape index (κ1) is 20.0. The smallest absolute Gasteiger partial charge is 0.325 e. The summed E-state index contributed by atoms with van der Waals surface area (Å²) in [6.07, 6.45) is 0. The lowest BCUT2D eigenvalue weighted by Crippen LogP contribution is -2.19. The van der Waals surface area contributed by atoms with E-state index in [1.807, 2.05) is 17.5 Å². The molecule has 0 fully saturated rings. The van der Waals surface area contributed by atoms with Crippen LogP contribution in [0.5, 0.6) is 17.2 Å². The third-order valence-corrected chi connectivity index (χ3v) is 4.71. The van der Waals surface area contributed by atoms with Crippen LogP contribution in [0.2, 0.25) is 0 Å². The minimum atomic E-state index is -0.458. The van der Waals surface area contributed by atoms with Gasteiger partial charge in [-0.05, 0) is 12.1 Å². The van der Waals surface area contributed by atoms with Crippen molar-refractivity contribution in [3.63, 3.8) is 0 Å². The number of amides is 2. The Morgan fingerprint density at radius 1 is 1.03 bits per heavy atom. The molecule has 148 valence electrons. The Bertz CT molecular complexity index is 1030. The van der Waals surface area contributed by atoms with Crippen molar-refractivity contribution in [2.75, 3.05) is 32.0 Å². The third kappa shape index (κ3) is 4.56. The molecule has 29 heavy (non-hydrogen) atoms. The van der Waals surface area contributed by atoms with Crippen LogP contribution in [0.25, 0.3) is 11.3 Å². The molecular formula is C20H18N4O4S. The standard InChI is InChI=1S/C20H18N4O4S/c1-26-16-8-14(9-17(27-2)18(16)28-3)22-19(25)24-20-23-15(11-29-20)13-6-4-12(10-21)5-7-13/h4-9,11H,1-3H3,(H2,22,23,24,25). The lowest BCUT2D eigenvalue weighted by Gasteiger charge is -2.14. The van der Waals surface area contributed by atoms with Gasteiger partial charge in [-0.2, -0.15) is 5.26 Å². The normalized spacial score (nSPS) is 10.0. The first-order valence-corrected chi connectivity index (χ1v) is 9.30. The van der Waals surface area contributed by atoms with Crippen molar-refractivity contribution in [3.05, 3.63) is 47.3 Å². The van der Waals surface area contributed by atoms with E-state index in [0.717, 1.165) is 5.56 Å². The zero-order valence-electron chi connectivity index (χ0n) is 16.0. The maximum Gasteiger partial charge on any atom is 0.325 e. The summed E-state index contributed by atoms with van der Waals surface area (Å²) in [5, 5.41) is 16.6. The molecule has 1 heterocycles. The molecule has 2 N–H and O–H groups in total. The predicted molar refractivity (Wildman–Crippen MR) is 111 cm³/mol. The lowest BCUT2D eigenvalue weighted by atomic mass is 10.1. The maximum absolute atomic E-state index is 12.4. The van der Waals surface area contributed by atoms with E-state index >= 15 is 0 Å². The van der Waals surface area contributed by atoms with Gasteiger partial charge >= 0.3 is 6.03 Å². The molecule has 0 aliphatic heterocycles. The van der Waals surface area contributed by atoms with E-state index in [-0.39, 0.29) is 0 Å². The topological polar surface area (TPSA) is 106 Å². The number of rotatable bonds is 6. The Hall–Kier alpha value is -3.77. The van der Waals surface area contributed by atoms with E-state index < -0.39 is 6.03 Å². The number of anilines is 2. The summed E-state index contributed by atoms with van der Waals surface area (Å²) in [6.45, 7) is 0. The molecular weight excluding hydrogens is 392 g/mol. The highest BCUT2D eigenvalue weighted by molar-refractivity contribution is 7.14. The van der Waals surface area contributed by atoms with Crippen LogP contribution in [0.1, 0.15) is 5.56 Å². The Kier molecular flexibility index (Phi) is 6.16. The van der Waals surface area contributed by atoms with Crippen molar-refractivity contribution < 1.29 is 19.0 Å². The summed E-state index contributed by atoms with van der Waals surface area (Å²) in [4.78, 5) is 16.8. The van der Waals surface area contributed by atoms with E-state index in [1.165, 1.54) is 32.7 Å². The monoisotopic (exact) mass is 410 g/mol. The highest BCUT2D eigenvalue weighted by Gasteiger charge is 2.15. The Balaban J connectivity index is 1.71. The predicted octanol–water partition coefficient (Wildman–Crippen LogP) is 4.35. The highest BCUT2D eigenvalue weighted by atomic mass is 32.1. The van der Waals surface area contributed by atoms with Crippen LogP contribution >= 0.6 is 11.3 Å². The number of nitrogens with one attached hydrogen (secondary N) is 2. The molecule has 0 saturated carbocycles. The van der Waals surface area contributed by atoms with E-state index in [2.05, 4.69) is 21.7 Å². The van der Waals surface area contributed by atoms with E-state index in [4.69, 9.17) is 19.5 Å². The average molecular weight is 410 g/mol. The molecule has 2 aromatic carbocycles. The third-order valence-electron chi connectivity index (χ3n) is 3.96. The molecule has 8 nitrogen and oxygen atoms in total. The summed E-state index contributed by atoms with van der Waals surface area (Å²) < 4.78 is 15.8. The second-order valence-corrected chi connectivity index (χ2v) is 6.58. The van der Waals surface area contributed by atoms with Crippen molar-refractivity contribution >= 4 is 28.2 Å². The zero-order chi connectivity index (χ0) is 20.8. The molecule has 9 heteroatoms. The van der Waals surface area contributed by atoms with Crippen LogP contribution in [0.3, 0.4) is 0 Å². The van der Waals surface area contributed by atoms with Gasteiger partial charge in [-0.1, -0.05) is 12.1 Å². The van der Waals surface area contributed by atoms with Gasteiger partial charge in [-0.25, -0.2) is 9.78 Å². The van der Waals surface area contributed by atoms with Gasteiger partial charge in [0.05, 0.1) is 44.3 Å². The summed E-state index contributed by atoms with van der Waals surface area (Å²) in [7, 11) is 4.51. The molecule has 1 aromatic heterocycles. The zero-order valence-corrected chi connectivity index (χ0v) is 16.8. The molecule has 2 amide bonds. The fraction of sp³-hybridized carbons (Fsp3) is 0.150. The molecule has 0 atom stereocenters. The van der Waals surface area contributed by atoms with Gasteiger partial charge in [0.2, 0.25) is 5.75 Å². The highest BCUT2D eigenvalue weighted by Crippen LogP contribution is 2.40. The number of benzene rings is 2. The molecule has 3 aromatic rings. The van der Waals surface area contributed by atoms with Gasteiger partial charge in [-0.15, -0.1) is 11.3 Å². The minimum absolute atomic E-state index is 0.430. The van der Waals surface area contributed by atoms with Crippen molar-refractivity contribution in [1.29, 1.82) is 5.26 Å². The van der Waals surface area contributed by atoms with Gasteiger partial charge in [0.15, 0.2) is 16.6 Å². The molecule has 3 rings (SSSR count). The second kappa shape index (κ2) is 8.95. The first-order valence-electron chi connectivity index (χ1n) is 8.42. The number of carbonyl (C=O) groups is 1. The molecule has 0 unspecified atom stereocenters. The second-order valence-electron chi connectivity index (χ2n) is 5.72. The number of hydrogen-bond donors (Lipinski definition) is 2. The molecule has 0 spiro atoms. The molecule has 0 radical (unpaired) electrons. The van der Waals surface area contributed by atoms with Crippen molar-refractivity contribution in [2.45, 2.75) is 0 Å². The lowest BCUT2D eigenvalue weighted by molar-refractivity contribution is 0.262. The Labute approximate surface area is 171 Å². The molecule has 0 aliphatic rings. The van der Waals surface area contributed by atoms with E-state index in [1.54, 1.807) is 24.3 Å². The average Bonchev–Trinajstić information content (AvgIpc) is 3.21. The van der Waals surface area contributed by atoms with Crippen LogP contribution < -0.4 is 24.8 Å². The molecule has 0 saturated heterocycles. The number of carbonyl (C=O) groups excluding carboxylic acids is 1. The van der Waals surface area contributed by atoms with Gasteiger partial charge in [0.25, 0.3) is 0 Å². The van der Waals surface area contributed by atoms with Gasteiger partial charge in [0, 0.05) is 23.1 Å². The van der Waals surface area contributed by atoms with E-state index in [9.17, 15) is 4.79 Å².